The molecular weight excluding hydrogens is 340 g/mol. The maximum atomic E-state index is 12.2. The molecule has 3 N–H and O–H groups in total. The SMILES string of the molecule is CCC(C)n1c(O)c(C=Nc2ccccc2NC(C)=O)c(=O)[nH]c1=S. The van der Waals surface area contributed by atoms with E-state index in [1.165, 1.54) is 17.7 Å². The maximum absolute atomic E-state index is 12.2. The van der Waals surface area contributed by atoms with E-state index in [0.717, 1.165) is 6.42 Å². The molecule has 1 aromatic heterocycles. The number of aliphatic imine (C=N–C) groups is 1. The van der Waals surface area contributed by atoms with Gasteiger partial charge < -0.3 is 10.4 Å². The molecule has 1 unspecified atom stereocenters. The number of aromatic hydroxyl groups is 1. The Morgan fingerprint density at radius 2 is 2.16 bits per heavy atom. The van der Waals surface area contributed by atoms with Crippen molar-refractivity contribution in [1.82, 2.24) is 9.55 Å². The lowest BCUT2D eigenvalue weighted by molar-refractivity contribution is -0.114. The van der Waals surface area contributed by atoms with E-state index in [9.17, 15) is 14.7 Å². The Bertz CT molecular complexity index is 930. The van der Waals surface area contributed by atoms with E-state index in [1.807, 2.05) is 13.8 Å². The molecule has 2 aromatic rings. The third-order valence-electron chi connectivity index (χ3n) is 3.73. The Labute approximate surface area is 150 Å². The Kier molecular flexibility index (Phi) is 5.87. The van der Waals surface area contributed by atoms with Crippen molar-refractivity contribution in [3.63, 3.8) is 0 Å². The van der Waals surface area contributed by atoms with Crippen LogP contribution < -0.4 is 10.9 Å². The summed E-state index contributed by atoms with van der Waals surface area (Å²) in [4.78, 5) is 30.2. The number of H-pyrrole nitrogens is 1. The van der Waals surface area contributed by atoms with E-state index in [1.54, 1.807) is 24.3 Å². The van der Waals surface area contributed by atoms with Crippen molar-refractivity contribution in [1.29, 1.82) is 0 Å². The summed E-state index contributed by atoms with van der Waals surface area (Å²) < 4.78 is 1.64. The molecule has 1 heterocycles. The van der Waals surface area contributed by atoms with Gasteiger partial charge in [0.2, 0.25) is 11.8 Å². The Hall–Kier alpha value is -2.74. The van der Waals surface area contributed by atoms with Crippen LogP contribution in [0.3, 0.4) is 0 Å². The number of rotatable bonds is 5. The fourth-order valence-corrected chi connectivity index (χ4v) is 2.63. The average Bonchev–Trinajstić information content (AvgIpc) is 2.55. The highest BCUT2D eigenvalue weighted by molar-refractivity contribution is 7.71. The van der Waals surface area contributed by atoms with E-state index < -0.39 is 5.56 Å². The fraction of sp³-hybridized carbons (Fsp3) is 0.294. The van der Waals surface area contributed by atoms with Gasteiger partial charge in [-0.05, 0) is 37.7 Å². The smallest absolute Gasteiger partial charge is 0.264 e. The lowest BCUT2D eigenvalue weighted by Crippen LogP contribution is -2.20. The molecule has 0 aliphatic heterocycles. The predicted octanol–water partition coefficient (Wildman–Crippen LogP) is 3.29. The van der Waals surface area contributed by atoms with Crippen LogP contribution in [-0.4, -0.2) is 26.8 Å². The standard InChI is InChI=1S/C17H20N4O3S/c1-4-10(2)21-16(24)12(15(23)20-17(21)25)9-18-13-7-5-6-8-14(13)19-11(3)22/h5-10,24H,4H2,1-3H3,(H,19,22)(H,20,23,25). The van der Waals surface area contributed by atoms with Gasteiger partial charge >= 0.3 is 0 Å². The van der Waals surface area contributed by atoms with Gasteiger partial charge in [-0.1, -0.05) is 19.1 Å². The molecule has 0 saturated carbocycles. The molecule has 0 aliphatic carbocycles. The summed E-state index contributed by atoms with van der Waals surface area (Å²) in [5, 5.41) is 13.1. The van der Waals surface area contributed by atoms with Crippen molar-refractivity contribution in [2.45, 2.75) is 33.2 Å². The van der Waals surface area contributed by atoms with Gasteiger partial charge in [0.25, 0.3) is 5.56 Å². The number of benzene rings is 1. The molecule has 0 radical (unpaired) electrons. The highest BCUT2D eigenvalue weighted by atomic mass is 32.1. The van der Waals surface area contributed by atoms with Crippen molar-refractivity contribution in [2.24, 2.45) is 4.99 Å². The highest BCUT2D eigenvalue weighted by Crippen LogP contribution is 2.25. The van der Waals surface area contributed by atoms with Crippen molar-refractivity contribution >= 4 is 35.7 Å². The van der Waals surface area contributed by atoms with Crippen LogP contribution in [0.25, 0.3) is 0 Å². The van der Waals surface area contributed by atoms with Crippen LogP contribution in [0.2, 0.25) is 0 Å². The van der Waals surface area contributed by atoms with E-state index in [4.69, 9.17) is 12.2 Å². The van der Waals surface area contributed by atoms with Gasteiger partial charge in [-0.25, -0.2) is 0 Å². The summed E-state index contributed by atoms with van der Waals surface area (Å²) in [7, 11) is 0. The molecule has 0 fully saturated rings. The summed E-state index contributed by atoms with van der Waals surface area (Å²) in [5.74, 6) is -0.461. The zero-order valence-electron chi connectivity index (χ0n) is 14.2. The third-order valence-corrected chi connectivity index (χ3v) is 4.03. The number of nitrogens with zero attached hydrogens (tertiary/aromatic N) is 2. The zero-order valence-corrected chi connectivity index (χ0v) is 15.1. The number of anilines is 1. The van der Waals surface area contributed by atoms with E-state index in [0.29, 0.717) is 11.4 Å². The number of aromatic nitrogens is 2. The van der Waals surface area contributed by atoms with Gasteiger partial charge in [0.15, 0.2) is 4.77 Å². The lowest BCUT2D eigenvalue weighted by Gasteiger charge is -2.16. The molecule has 0 saturated heterocycles. The van der Waals surface area contributed by atoms with Gasteiger partial charge in [0.1, 0.15) is 5.56 Å². The molecule has 0 spiro atoms. The minimum Gasteiger partial charge on any atom is -0.494 e. The number of nitrogens with one attached hydrogen (secondary N) is 2. The minimum atomic E-state index is -0.525. The molecule has 132 valence electrons. The molecule has 2 rings (SSSR count). The summed E-state index contributed by atoms with van der Waals surface area (Å²) in [6.07, 6.45) is 2.00. The van der Waals surface area contributed by atoms with Gasteiger partial charge in [-0.15, -0.1) is 0 Å². The van der Waals surface area contributed by atoms with Crippen molar-refractivity contribution < 1.29 is 9.90 Å². The molecule has 1 aromatic carbocycles. The Balaban J connectivity index is 2.51. The van der Waals surface area contributed by atoms with Gasteiger partial charge in [0, 0.05) is 19.2 Å². The molecule has 25 heavy (non-hydrogen) atoms. The predicted molar refractivity (Wildman–Crippen MR) is 101 cm³/mol. The second-order valence-electron chi connectivity index (χ2n) is 5.58. The number of para-hydroxylation sites is 2. The number of hydrogen-bond donors (Lipinski definition) is 3. The lowest BCUT2D eigenvalue weighted by atomic mass is 10.2. The van der Waals surface area contributed by atoms with Crippen LogP contribution in [0.1, 0.15) is 38.8 Å². The number of amides is 1. The number of hydrogen-bond acceptors (Lipinski definition) is 5. The normalized spacial score (nSPS) is 12.3. The Morgan fingerprint density at radius 1 is 1.48 bits per heavy atom. The first-order valence-electron chi connectivity index (χ1n) is 7.83. The van der Waals surface area contributed by atoms with Crippen LogP contribution in [0.15, 0.2) is 34.1 Å². The first-order valence-corrected chi connectivity index (χ1v) is 8.24. The van der Waals surface area contributed by atoms with Gasteiger partial charge in [0.05, 0.1) is 11.4 Å². The van der Waals surface area contributed by atoms with Crippen LogP contribution in [0.4, 0.5) is 11.4 Å². The molecular formula is C17H20N4O3S. The largest absolute Gasteiger partial charge is 0.494 e. The summed E-state index contributed by atoms with van der Waals surface area (Å²) >= 11 is 5.13. The highest BCUT2D eigenvalue weighted by Gasteiger charge is 2.14. The van der Waals surface area contributed by atoms with E-state index in [-0.39, 0.29) is 28.2 Å². The van der Waals surface area contributed by atoms with Crippen molar-refractivity contribution in [3.8, 4) is 5.88 Å². The first-order chi connectivity index (χ1) is 11.8. The second kappa shape index (κ2) is 7.89. The van der Waals surface area contributed by atoms with Crippen LogP contribution in [0.5, 0.6) is 5.88 Å². The van der Waals surface area contributed by atoms with Crippen LogP contribution >= 0.6 is 12.2 Å². The summed E-state index contributed by atoms with van der Waals surface area (Å²) in [5.41, 5.74) is 0.459. The Morgan fingerprint density at radius 3 is 2.80 bits per heavy atom. The molecule has 8 heteroatoms. The van der Waals surface area contributed by atoms with Gasteiger partial charge in [-0.2, -0.15) is 0 Å². The van der Waals surface area contributed by atoms with Crippen molar-refractivity contribution in [3.05, 3.63) is 45.0 Å². The zero-order chi connectivity index (χ0) is 18.6. The first kappa shape index (κ1) is 18.6. The average molecular weight is 360 g/mol. The molecule has 1 amide bonds. The topological polar surface area (TPSA) is 99.5 Å². The quantitative estimate of drug-likeness (QED) is 0.563. The molecule has 1 atom stereocenters. The number of carbonyl (C=O) groups excluding carboxylic acids is 1. The van der Waals surface area contributed by atoms with Crippen LogP contribution in [-0.2, 0) is 4.79 Å². The molecule has 0 aliphatic rings. The molecule has 7 nitrogen and oxygen atoms in total. The second-order valence-corrected chi connectivity index (χ2v) is 5.97. The van der Waals surface area contributed by atoms with Crippen LogP contribution in [0, 0.1) is 4.77 Å². The van der Waals surface area contributed by atoms with Gasteiger partial charge in [-0.3, -0.25) is 24.1 Å². The fourth-order valence-electron chi connectivity index (χ4n) is 2.28. The summed E-state index contributed by atoms with van der Waals surface area (Å²) in [6, 6.07) is 6.83. The van der Waals surface area contributed by atoms with E-state index >= 15 is 0 Å². The third kappa shape index (κ3) is 4.21. The van der Waals surface area contributed by atoms with E-state index in [2.05, 4.69) is 15.3 Å². The monoisotopic (exact) mass is 360 g/mol. The summed E-state index contributed by atoms with van der Waals surface area (Å²) in [6.45, 7) is 5.24. The molecule has 0 bridgehead atoms. The maximum Gasteiger partial charge on any atom is 0.264 e. The number of aromatic amines is 1. The number of carbonyl (C=O) groups is 1. The van der Waals surface area contributed by atoms with Crippen molar-refractivity contribution in [2.75, 3.05) is 5.32 Å². The minimum absolute atomic E-state index is 0.00604.